The van der Waals surface area contributed by atoms with Crippen molar-refractivity contribution in [2.75, 3.05) is 0 Å². The van der Waals surface area contributed by atoms with Crippen LogP contribution in [-0.2, 0) is 0 Å². The van der Waals surface area contributed by atoms with Gasteiger partial charge in [-0.05, 0) is 6.42 Å². The molecule has 0 aromatic heterocycles. The number of alkyl halides is 3. The SMILES string of the molecule is C.CCCCC(C)C(F)(F)F. The summed E-state index contributed by atoms with van der Waals surface area (Å²) in [6, 6.07) is 0. The van der Waals surface area contributed by atoms with Crippen molar-refractivity contribution < 1.29 is 13.2 Å². The first-order valence-electron chi connectivity index (χ1n) is 3.55. The van der Waals surface area contributed by atoms with Gasteiger partial charge in [-0.3, -0.25) is 0 Å². The van der Waals surface area contributed by atoms with Gasteiger partial charge in [-0.1, -0.05) is 34.1 Å². The Balaban J connectivity index is 0. The molecule has 0 aliphatic carbocycles. The Bertz CT molecular complexity index is 85.8. The van der Waals surface area contributed by atoms with Gasteiger partial charge in [-0.15, -0.1) is 0 Å². The molecule has 0 radical (unpaired) electrons. The molecule has 0 nitrogen and oxygen atoms in total. The Morgan fingerprint density at radius 1 is 1.27 bits per heavy atom. The predicted molar refractivity (Wildman–Crippen MR) is 41.5 cm³/mol. The summed E-state index contributed by atoms with van der Waals surface area (Å²) in [6.07, 6.45) is -2.23. The van der Waals surface area contributed by atoms with Gasteiger partial charge in [0, 0.05) is 0 Å². The lowest BCUT2D eigenvalue weighted by Crippen LogP contribution is -2.19. The first kappa shape index (κ1) is 13.4. The highest BCUT2D eigenvalue weighted by Gasteiger charge is 2.34. The summed E-state index contributed by atoms with van der Waals surface area (Å²) in [4.78, 5) is 0. The molecule has 0 heterocycles. The number of hydrogen-bond acceptors (Lipinski definition) is 0. The lowest BCUT2D eigenvalue weighted by molar-refractivity contribution is -0.171. The average Bonchev–Trinajstić information content (AvgIpc) is 1.80. The summed E-state index contributed by atoms with van der Waals surface area (Å²) in [7, 11) is 0. The van der Waals surface area contributed by atoms with Gasteiger partial charge in [0.05, 0.1) is 5.92 Å². The van der Waals surface area contributed by atoms with Crippen LogP contribution in [0.25, 0.3) is 0 Å². The first-order valence-corrected chi connectivity index (χ1v) is 3.55. The van der Waals surface area contributed by atoms with Crippen molar-refractivity contribution >= 4 is 0 Å². The second-order valence-corrected chi connectivity index (χ2v) is 2.58. The zero-order chi connectivity index (χ0) is 8.20. The molecule has 0 aromatic carbocycles. The van der Waals surface area contributed by atoms with E-state index in [2.05, 4.69) is 0 Å². The second-order valence-electron chi connectivity index (χ2n) is 2.58. The van der Waals surface area contributed by atoms with Crippen molar-refractivity contribution in [3.8, 4) is 0 Å². The van der Waals surface area contributed by atoms with E-state index in [1.54, 1.807) is 0 Å². The highest BCUT2D eigenvalue weighted by atomic mass is 19.4. The molecule has 0 aliphatic heterocycles. The van der Waals surface area contributed by atoms with Crippen LogP contribution >= 0.6 is 0 Å². The standard InChI is InChI=1S/C7H13F3.CH4/c1-3-4-5-6(2)7(8,9)10;/h6H,3-5H2,1-2H3;1H4. The molecule has 0 aliphatic rings. The van der Waals surface area contributed by atoms with Gasteiger partial charge >= 0.3 is 6.18 Å². The molecule has 0 N–H and O–H groups in total. The number of halogens is 3. The molecule has 0 saturated heterocycles. The Morgan fingerprint density at radius 3 is 2.00 bits per heavy atom. The predicted octanol–water partition coefficient (Wildman–Crippen LogP) is 4.01. The van der Waals surface area contributed by atoms with Crippen LogP contribution in [0.15, 0.2) is 0 Å². The summed E-state index contributed by atoms with van der Waals surface area (Å²) < 4.78 is 35.3. The summed E-state index contributed by atoms with van der Waals surface area (Å²) >= 11 is 0. The zero-order valence-electron chi connectivity index (χ0n) is 6.33. The summed E-state index contributed by atoms with van der Waals surface area (Å²) in [6.45, 7) is 3.12. The molecular formula is C8H17F3. The summed E-state index contributed by atoms with van der Waals surface area (Å²) in [5.41, 5.74) is 0. The molecule has 0 spiro atoms. The van der Waals surface area contributed by atoms with Crippen LogP contribution in [0.2, 0.25) is 0 Å². The Labute approximate surface area is 66.8 Å². The van der Waals surface area contributed by atoms with E-state index in [1.807, 2.05) is 6.92 Å². The fourth-order valence-electron chi connectivity index (χ4n) is 0.674. The third kappa shape index (κ3) is 6.20. The van der Waals surface area contributed by atoms with E-state index in [4.69, 9.17) is 0 Å². The van der Waals surface area contributed by atoms with Crippen LogP contribution in [-0.4, -0.2) is 6.18 Å². The molecule has 70 valence electrons. The van der Waals surface area contributed by atoms with E-state index in [1.165, 1.54) is 6.92 Å². The van der Waals surface area contributed by atoms with Crippen LogP contribution < -0.4 is 0 Å². The van der Waals surface area contributed by atoms with Crippen molar-refractivity contribution in [2.24, 2.45) is 5.92 Å². The first-order chi connectivity index (χ1) is 4.48. The van der Waals surface area contributed by atoms with Gasteiger partial charge in [0.25, 0.3) is 0 Å². The molecule has 0 amide bonds. The van der Waals surface area contributed by atoms with Gasteiger partial charge in [0.15, 0.2) is 0 Å². The van der Waals surface area contributed by atoms with Crippen molar-refractivity contribution in [1.29, 1.82) is 0 Å². The van der Waals surface area contributed by atoms with Crippen molar-refractivity contribution in [3.05, 3.63) is 0 Å². The van der Waals surface area contributed by atoms with Gasteiger partial charge in [0.2, 0.25) is 0 Å². The number of hydrogen-bond donors (Lipinski definition) is 0. The maximum Gasteiger partial charge on any atom is 0.391 e. The Hall–Kier alpha value is -0.210. The molecule has 3 heteroatoms. The molecule has 1 unspecified atom stereocenters. The number of rotatable bonds is 3. The Morgan fingerprint density at radius 2 is 1.73 bits per heavy atom. The highest BCUT2D eigenvalue weighted by Crippen LogP contribution is 2.29. The van der Waals surface area contributed by atoms with E-state index in [9.17, 15) is 13.2 Å². The van der Waals surface area contributed by atoms with Crippen LogP contribution in [0.4, 0.5) is 13.2 Å². The fourth-order valence-corrected chi connectivity index (χ4v) is 0.674. The minimum Gasteiger partial charge on any atom is -0.171 e. The van der Waals surface area contributed by atoms with Gasteiger partial charge in [-0.2, -0.15) is 13.2 Å². The van der Waals surface area contributed by atoms with E-state index >= 15 is 0 Å². The van der Waals surface area contributed by atoms with Gasteiger partial charge in [0.1, 0.15) is 0 Å². The van der Waals surface area contributed by atoms with Crippen molar-refractivity contribution in [1.82, 2.24) is 0 Å². The normalized spacial score (nSPS) is 13.9. The minimum atomic E-state index is -3.99. The van der Waals surface area contributed by atoms with E-state index < -0.39 is 12.1 Å². The van der Waals surface area contributed by atoms with Gasteiger partial charge < -0.3 is 0 Å². The van der Waals surface area contributed by atoms with Crippen LogP contribution in [0.3, 0.4) is 0 Å². The fraction of sp³-hybridized carbons (Fsp3) is 1.00. The van der Waals surface area contributed by atoms with E-state index in [0.29, 0.717) is 6.42 Å². The summed E-state index contributed by atoms with van der Waals surface area (Å²) in [5, 5.41) is 0. The molecule has 0 saturated carbocycles. The van der Waals surface area contributed by atoms with Crippen LogP contribution in [0.5, 0.6) is 0 Å². The molecule has 1 atom stereocenters. The quantitative estimate of drug-likeness (QED) is 0.600. The largest absolute Gasteiger partial charge is 0.391 e. The van der Waals surface area contributed by atoms with E-state index in [-0.39, 0.29) is 13.8 Å². The van der Waals surface area contributed by atoms with Crippen LogP contribution in [0, 0.1) is 5.92 Å². The monoisotopic (exact) mass is 170 g/mol. The minimum absolute atomic E-state index is 0. The summed E-state index contributed by atoms with van der Waals surface area (Å²) in [5.74, 6) is -1.13. The van der Waals surface area contributed by atoms with Gasteiger partial charge in [-0.25, -0.2) is 0 Å². The van der Waals surface area contributed by atoms with E-state index in [0.717, 1.165) is 6.42 Å². The van der Waals surface area contributed by atoms with Crippen molar-refractivity contribution in [3.63, 3.8) is 0 Å². The molecule has 0 fully saturated rings. The topological polar surface area (TPSA) is 0 Å². The molecular weight excluding hydrogens is 153 g/mol. The number of unbranched alkanes of at least 4 members (excludes halogenated alkanes) is 1. The maximum absolute atomic E-state index is 11.8. The third-order valence-electron chi connectivity index (χ3n) is 1.55. The van der Waals surface area contributed by atoms with Crippen molar-refractivity contribution in [2.45, 2.75) is 46.7 Å². The lowest BCUT2D eigenvalue weighted by Gasteiger charge is -2.14. The molecule has 11 heavy (non-hydrogen) atoms. The van der Waals surface area contributed by atoms with Crippen LogP contribution in [0.1, 0.15) is 40.5 Å². The smallest absolute Gasteiger partial charge is 0.171 e. The second kappa shape index (κ2) is 5.44. The maximum atomic E-state index is 11.8. The average molecular weight is 170 g/mol. The lowest BCUT2D eigenvalue weighted by atomic mass is 10.0. The third-order valence-corrected chi connectivity index (χ3v) is 1.55. The Kier molecular flexibility index (Phi) is 6.62. The molecule has 0 aromatic rings. The molecule has 0 bridgehead atoms. The zero-order valence-corrected chi connectivity index (χ0v) is 6.33. The molecule has 0 rings (SSSR count). The highest BCUT2D eigenvalue weighted by molar-refractivity contribution is 4.61.